The average molecular weight is 405 g/mol. The Morgan fingerprint density at radius 3 is 2.21 bits per heavy atom. The predicted molar refractivity (Wildman–Crippen MR) is 111 cm³/mol. The van der Waals surface area contributed by atoms with Crippen LogP contribution in [0.15, 0.2) is 65.8 Å². The van der Waals surface area contributed by atoms with Crippen molar-refractivity contribution in [1.29, 1.82) is 0 Å². The maximum absolute atomic E-state index is 12.6. The van der Waals surface area contributed by atoms with Gasteiger partial charge >= 0.3 is 6.03 Å². The zero-order valence-electron chi connectivity index (χ0n) is 15.8. The number of nitrogens with one attached hydrogen (secondary N) is 1. The molecule has 1 aliphatic heterocycles. The van der Waals surface area contributed by atoms with Gasteiger partial charge in [0.1, 0.15) is 11.4 Å². The lowest BCUT2D eigenvalue weighted by Gasteiger charge is -2.17. The number of benzene rings is 2. The van der Waals surface area contributed by atoms with Gasteiger partial charge in [0, 0.05) is 24.2 Å². The molecular weight excluding hydrogens is 386 g/mol. The minimum Gasteiger partial charge on any atom is -0.336 e. The molecule has 1 atom stereocenters. The van der Waals surface area contributed by atoms with Crippen LogP contribution in [0.3, 0.4) is 0 Å². The minimum atomic E-state index is -0.508. The summed E-state index contributed by atoms with van der Waals surface area (Å²) in [6.07, 6.45) is 0. The third-order valence-electron chi connectivity index (χ3n) is 4.51. The summed E-state index contributed by atoms with van der Waals surface area (Å²) in [5.74, 6) is -0.262. The number of carbonyl (C=O) groups is 2. The van der Waals surface area contributed by atoms with Crippen LogP contribution < -0.4 is 5.32 Å². The van der Waals surface area contributed by atoms with E-state index in [1.165, 1.54) is 16.7 Å². The van der Waals surface area contributed by atoms with Crippen molar-refractivity contribution in [2.45, 2.75) is 17.3 Å². The highest BCUT2D eigenvalue weighted by Gasteiger charge is 2.30. The van der Waals surface area contributed by atoms with Crippen LogP contribution in [0.1, 0.15) is 6.92 Å². The summed E-state index contributed by atoms with van der Waals surface area (Å²) < 4.78 is 0. The molecule has 3 aromatic rings. The zero-order valence-corrected chi connectivity index (χ0v) is 16.6. The van der Waals surface area contributed by atoms with E-state index >= 15 is 0 Å². The number of amides is 3. The molecule has 0 bridgehead atoms. The van der Waals surface area contributed by atoms with Crippen molar-refractivity contribution in [3.63, 3.8) is 0 Å². The number of rotatable bonds is 5. The number of hydrogen-bond donors (Lipinski definition) is 1. The third kappa shape index (κ3) is 4.12. The standard InChI is InChI=1S/C21H19N5O2S/c1-14(19(27)26-13-12-22-21(26)28)29-20-23-17(15-8-4-2-5-9-15)18(24-25-20)16-10-6-3-7-11-16/h2-11,14H,12-13H2,1H3,(H,22,28)/t14-/m0/s1. The molecule has 0 aliphatic carbocycles. The lowest BCUT2D eigenvalue weighted by atomic mass is 10.0. The molecule has 3 amide bonds. The molecule has 0 radical (unpaired) electrons. The van der Waals surface area contributed by atoms with Gasteiger partial charge in [0.15, 0.2) is 0 Å². The van der Waals surface area contributed by atoms with Crippen molar-refractivity contribution in [3.8, 4) is 22.5 Å². The smallest absolute Gasteiger partial charge is 0.324 e. The average Bonchev–Trinajstić information content (AvgIpc) is 3.20. The second kappa shape index (κ2) is 8.40. The quantitative estimate of drug-likeness (QED) is 0.656. The first-order chi connectivity index (χ1) is 14.1. The van der Waals surface area contributed by atoms with Crippen molar-refractivity contribution in [3.05, 3.63) is 60.7 Å². The Hall–Kier alpha value is -3.26. The van der Waals surface area contributed by atoms with Gasteiger partial charge in [-0.1, -0.05) is 72.4 Å². The Morgan fingerprint density at radius 2 is 1.62 bits per heavy atom. The molecule has 0 spiro atoms. The first-order valence-corrected chi connectivity index (χ1v) is 10.1. The highest BCUT2D eigenvalue weighted by molar-refractivity contribution is 8.00. The van der Waals surface area contributed by atoms with Gasteiger partial charge in [0.2, 0.25) is 11.1 Å². The molecule has 146 valence electrons. The van der Waals surface area contributed by atoms with Gasteiger partial charge < -0.3 is 5.32 Å². The van der Waals surface area contributed by atoms with Gasteiger partial charge in [-0.15, -0.1) is 10.2 Å². The van der Waals surface area contributed by atoms with Crippen LogP contribution in [0, 0.1) is 0 Å². The molecule has 0 saturated carbocycles. The monoisotopic (exact) mass is 405 g/mol. The molecule has 8 heteroatoms. The van der Waals surface area contributed by atoms with Crippen molar-refractivity contribution >= 4 is 23.7 Å². The Bertz CT molecular complexity index is 1030. The predicted octanol–water partition coefficient (Wildman–Crippen LogP) is 3.24. The molecule has 4 rings (SSSR count). The van der Waals surface area contributed by atoms with Crippen LogP contribution in [-0.4, -0.2) is 50.4 Å². The topological polar surface area (TPSA) is 88.1 Å². The number of nitrogens with zero attached hydrogens (tertiary/aromatic N) is 4. The Kier molecular flexibility index (Phi) is 5.53. The van der Waals surface area contributed by atoms with Crippen LogP contribution in [0.2, 0.25) is 0 Å². The second-order valence-electron chi connectivity index (χ2n) is 6.51. The van der Waals surface area contributed by atoms with Crippen LogP contribution in [0.25, 0.3) is 22.5 Å². The molecule has 1 aliphatic rings. The van der Waals surface area contributed by atoms with Crippen molar-refractivity contribution in [2.75, 3.05) is 13.1 Å². The summed E-state index contributed by atoms with van der Waals surface area (Å²) in [5.41, 5.74) is 3.22. The fourth-order valence-corrected chi connectivity index (χ4v) is 3.83. The summed E-state index contributed by atoms with van der Waals surface area (Å²) in [6, 6.07) is 19.1. The largest absolute Gasteiger partial charge is 0.336 e. The van der Waals surface area contributed by atoms with Gasteiger partial charge in [0.05, 0.1) is 5.25 Å². The summed E-state index contributed by atoms with van der Waals surface area (Å²) in [5, 5.41) is 11.2. The van der Waals surface area contributed by atoms with E-state index in [0.29, 0.717) is 29.6 Å². The highest BCUT2D eigenvalue weighted by atomic mass is 32.2. The van der Waals surface area contributed by atoms with Crippen LogP contribution in [0.5, 0.6) is 0 Å². The summed E-state index contributed by atoms with van der Waals surface area (Å²) >= 11 is 1.20. The minimum absolute atomic E-state index is 0.262. The number of hydrogen-bond acceptors (Lipinski definition) is 6. The van der Waals surface area contributed by atoms with E-state index in [1.54, 1.807) is 6.92 Å². The van der Waals surface area contributed by atoms with Crippen LogP contribution in [0.4, 0.5) is 4.79 Å². The van der Waals surface area contributed by atoms with Crippen LogP contribution >= 0.6 is 11.8 Å². The first-order valence-electron chi connectivity index (χ1n) is 9.25. The van der Waals surface area contributed by atoms with Crippen molar-refractivity contribution in [1.82, 2.24) is 25.4 Å². The third-order valence-corrected chi connectivity index (χ3v) is 5.45. The maximum Gasteiger partial charge on any atom is 0.324 e. The normalized spacial score (nSPS) is 14.5. The summed E-state index contributed by atoms with van der Waals surface area (Å²) in [6.45, 7) is 2.60. The van der Waals surface area contributed by atoms with E-state index < -0.39 is 5.25 Å². The van der Waals surface area contributed by atoms with Gasteiger partial charge in [-0.05, 0) is 6.92 Å². The second-order valence-corrected chi connectivity index (χ2v) is 7.81. The van der Waals surface area contributed by atoms with E-state index in [4.69, 9.17) is 4.98 Å². The van der Waals surface area contributed by atoms with Crippen LogP contribution in [-0.2, 0) is 4.79 Å². The van der Waals surface area contributed by atoms with Gasteiger partial charge in [-0.3, -0.25) is 9.69 Å². The summed E-state index contributed by atoms with van der Waals surface area (Å²) in [4.78, 5) is 30.3. The molecule has 1 N–H and O–H groups in total. The maximum atomic E-state index is 12.6. The van der Waals surface area contributed by atoms with E-state index in [0.717, 1.165) is 11.1 Å². The molecular formula is C21H19N5O2S. The Balaban J connectivity index is 1.65. The molecule has 29 heavy (non-hydrogen) atoms. The fraction of sp³-hybridized carbons (Fsp3) is 0.190. The molecule has 1 aromatic heterocycles. The fourth-order valence-electron chi connectivity index (χ4n) is 3.06. The highest BCUT2D eigenvalue weighted by Crippen LogP contribution is 2.30. The van der Waals surface area contributed by atoms with E-state index in [9.17, 15) is 9.59 Å². The van der Waals surface area contributed by atoms with Gasteiger partial charge in [0.25, 0.3) is 0 Å². The number of imide groups is 1. The molecule has 1 fully saturated rings. The zero-order chi connectivity index (χ0) is 20.2. The SMILES string of the molecule is C[C@H](Sc1nnc(-c2ccccc2)c(-c2ccccc2)n1)C(=O)N1CCNC1=O. The summed E-state index contributed by atoms with van der Waals surface area (Å²) in [7, 11) is 0. The van der Waals surface area contributed by atoms with Gasteiger partial charge in [-0.25, -0.2) is 9.78 Å². The number of carbonyl (C=O) groups excluding carboxylic acids is 2. The van der Waals surface area contributed by atoms with Crippen molar-refractivity contribution < 1.29 is 9.59 Å². The lowest BCUT2D eigenvalue weighted by Crippen LogP contribution is -2.39. The Labute approximate surface area is 172 Å². The van der Waals surface area contributed by atoms with E-state index in [2.05, 4.69) is 15.5 Å². The van der Waals surface area contributed by atoms with E-state index in [1.807, 2.05) is 60.7 Å². The van der Waals surface area contributed by atoms with Crippen molar-refractivity contribution in [2.24, 2.45) is 0 Å². The first kappa shape index (κ1) is 19.1. The van der Waals surface area contributed by atoms with Gasteiger partial charge in [-0.2, -0.15) is 0 Å². The molecule has 7 nitrogen and oxygen atoms in total. The molecule has 1 saturated heterocycles. The lowest BCUT2D eigenvalue weighted by molar-refractivity contribution is -0.126. The number of urea groups is 1. The number of thioether (sulfide) groups is 1. The number of aromatic nitrogens is 3. The Morgan fingerprint density at radius 1 is 1.00 bits per heavy atom. The molecule has 2 heterocycles. The molecule has 0 unspecified atom stereocenters. The molecule has 2 aromatic carbocycles. The van der Waals surface area contributed by atoms with E-state index in [-0.39, 0.29) is 11.9 Å².